The van der Waals surface area contributed by atoms with Crippen LogP contribution in [0.3, 0.4) is 0 Å². The molecule has 1 saturated carbocycles. The third kappa shape index (κ3) is 2.56. The van der Waals surface area contributed by atoms with E-state index in [1.807, 2.05) is 11.3 Å². The minimum atomic E-state index is 0.619. The molecule has 1 nitrogen and oxygen atoms in total. The van der Waals surface area contributed by atoms with Gasteiger partial charge in [0.25, 0.3) is 0 Å². The third-order valence-corrected chi connectivity index (χ3v) is 5.20. The van der Waals surface area contributed by atoms with Crippen LogP contribution in [0.2, 0.25) is 0 Å². The number of nitrogens with one attached hydrogen (secondary N) is 1. The first kappa shape index (κ1) is 13.1. The molecule has 1 aromatic heterocycles. The fourth-order valence-corrected chi connectivity index (χ4v) is 3.97. The summed E-state index contributed by atoms with van der Waals surface area (Å²) in [5.74, 6) is 1.46. The van der Waals surface area contributed by atoms with Crippen LogP contribution in [0.4, 0.5) is 0 Å². The first-order valence-electron chi connectivity index (χ1n) is 7.46. The first-order valence-corrected chi connectivity index (χ1v) is 8.28. The molecule has 19 heavy (non-hydrogen) atoms. The Kier molecular flexibility index (Phi) is 3.64. The van der Waals surface area contributed by atoms with Crippen molar-refractivity contribution in [3.8, 4) is 0 Å². The van der Waals surface area contributed by atoms with E-state index in [1.165, 1.54) is 28.5 Å². The largest absolute Gasteiger partial charge is 0.312 e. The van der Waals surface area contributed by atoms with E-state index in [1.54, 1.807) is 10.4 Å². The van der Waals surface area contributed by atoms with Gasteiger partial charge < -0.3 is 5.32 Å². The highest BCUT2D eigenvalue weighted by atomic mass is 32.1. The Hall–Kier alpha value is -0.860. The summed E-state index contributed by atoms with van der Waals surface area (Å²) in [6.07, 6.45) is 2.77. The number of fused-ring (bicyclic) bond motifs is 1. The molecule has 1 aliphatic rings. The highest BCUT2D eigenvalue weighted by molar-refractivity contribution is 7.19. The maximum Gasteiger partial charge on any atom is 0.0349 e. The number of hydrogen-bond donors (Lipinski definition) is 1. The molecule has 0 bridgehead atoms. The fourth-order valence-electron chi connectivity index (χ4n) is 2.73. The average Bonchev–Trinajstić information content (AvgIpc) is 3.16. The van der Waals surface area contributed by atoms with Gasteiger partial charge in [0.1, 0.15) is 0 Å². The predicted octanol–water partition coefficient (Wildman–Crippen LogP) is 5.01. The molecule has 0 saturated heterocycles. The molecular formula is C17H23NS. The molecule has 0 unspecified atom stereocenters. The Morgan fingerprint density at radius 2 is 2.11 bits per heavy atom. The van der Waals surface area contributed by atoms with Gasteiger partial charge in [-0.2, -0.15) is 0 Å². The molecule has 0 radical (unpaired) electrons. The highest BCUT2D eigenvalue weighted by Gasteiger charge is 2.29. The van der Waals surface area contributed by atoms with E-state index in [-0.39, 0.29) is 0 Å². The van der Waals surface area contributed by atoms with E-state index < -0.39 is 0 Å². The summed E-state index contributed by atoms with van der Waals surface area (Å²) in [5, 5.41) is 5.03. The van der Waals surface area contributed by atoms with Gasteiger partial charge >= 0.3 is 0 Å². The van der Waals surface area contributed by atoms with Gasteiger partial charge in [0.05, 0.1) is 0 Å². The molecule has 3 rings (SSSR count). The summed E-state index contributed by atoms with van der Waals surface area (Å²) in [4.78, 5) is 1.57. The van der Waals surface area contributed by atoms with Gasteiger partial charge in [-0.1, -0.05) is 26.8 Å². The van der Waals surface area contributed by atoms with Crippen LogP contribution < -0.4 is 5.32 Å². The molecule has 2 heteroatoms. The minimum Gasteiger partial charge on any atom is -0.312 e. The lowest BCUT2D eigenvalue weighted by molar-refractivity contribution is 0.730. The molecule has 0 amide bonds. The summed E-state index contributed by atoms with van der Waals surface area (Å²) >= 11 is 1.99. The van der Waals surface area contributed by atoms with Crippen molar-refractivity contribution in [1.29, 1.82) is 0 Å². The lowest BCUT2D eigenvalue weighted by atomic mass is 9.98. The molecule has 1 aliphatic carbocycles. The van der Waals surface area contributed by atoms with Crippen molar-refractivity contribution in [2.24, 2.45) is 0 Å². The van der Waals surface area contributed by atoms with Gasteiger partial charge in [-0.15, -0.1) is 11.3 Å². The Morgan fingerprint density at radius 1 is 1.32 bits per heavy atom. The smallest absolute Gasteiger partial charge is 0.0349 e. The van der Waals surface area contributed by atoms with Gasteiger partial charge in [-0.05, 0) is 59.9 Å². The maximum absolute atomic E-state index is 3.50. The van der Waals surface area contributed by atoms with Crippen molar-refractivity contribution in [3.63, 3.8) is 0 Å². The molecule has 102 valence electrons. The molecule has 1 heterocycles. The predicted molar refractivity (Wildman–Crippen MR) is 85.3 cm³/mol. The maximum atomic E-state index is 3.50. The zero-order valence-electron chi connectivity index (χ0n) is 12.1. The van der Waals surface area contributed by atoms with Crippen molar-refractivity contribution < 1.29 is 0 Å². The van der Waals surface area contributed by atoms with Crippen LogP contribution in [-0.2, 0) is 6.54 Å². The van der Waals surface area contributed by atoms with Gasteiger partial charge in [-0.25, -0.2) is 0 Å². The zero-order valence-corrected chi connectivity index (χ0v) is 12.9. The van der Waals surface area contributed by atoms with Crippen LogP contribution in [0.25, 0.3) is 10.1 Å². The van der Waals surface area contributed by atoms with Gasteiger partial charge in [0.15, 0.2) is 0 Å². The van der Waals surface area contributed by atoms with Crippen molar-refractivity contribution in [3.05, 3.63) is 34.2 Å². The lowest BCUT2D eigenvalue weighted by Crippen LogP contribution is -2.11. The summed E-state index contributed by atoms with van der Waals surface area (Å²) in [5.41, 5.74) is 3.13. The molecule has 0 atom stereocenters. The number of rotatable bonds is 5. The third-order valence-electron chi connectivity index (χ3n) is 4.02. The Balaban J connectivity index is 2.08. The van der Waals surface area contributed by atoms with Crippen LogP contribution in [-0.4, -0.2) is 6.54 Å². The molecule has 0 spiro atoms. The van der Waals surface area contributed by atoms with Crippen LogP contribution in [0, 0.1) is 0 Å². The summed E-state index contributed by atoms with van der Waals surface area (Å²) < 4.78 is 1.47. The molecule has 1 N–H and O–H groups in total. The molecule has 1 fully saturated rings. The minimum absolute atomic E-state index is 0.619. The molecule has 0 aliphatic heterocycles. The topological polar surface area (TPSA) is 12.0 Å². The van der Waals surface area contributed by atoms with E-state index in [2.05, 4.69) is 44.3 Å². The fraction of sp³-hybridized carbons (Fsp3) is 0.529. The molecule has 1 aromatic carbocycles. The highest BCUT2D eigenvalue weighted by Crippen LogP contribution is 2.48. The molecular weight excluding hydrogens is 250 g/mol. The standard InChI is InChI=1S/C17H23NS/c1-4-18-10-16-17(12-5-6-12)14-9-13(11(2)3)7-8-15(14)19-16/h7-9,11-12,18H,4-6,10H2,1-3H3. The van der Waals surface area contributed by atoms with E-state index in [0.717, 1.165) is 19.0 Å². The van der Waals surface area contributed by atoms with E-state index in [9.17, 15) is 0 Å². The quantitative estimate of drug-likeness (QED) is 0.807. The second-order valence-corrected chi connectivity index (χ2v) is 7.04. The van der Waals surface area contributed by atoms with Gasteiger partial charge in [0.2, 0.25) is 0 Å². The second kappa shape index (κ2) is 5.26. The Labute approximate surface area is 120 Å². The van der Waals surface area contributed by atoms with Crippen LogP contribution in [0.15, 0.2) is 18.2 Å². The van der Waals surface area contributed by atoms with Crippen LogP contribution >= 0.6 is 11.3 Å². The van der Waals surface area contributed by atoms with E-state index in [4.69, 9.17) is 0 Å². The van der Waals surface area contributed by atoms with Crippen molar-refractivity contribution in [2.75, 3.05) is 6.54 Å². The Morgan fingerprint density at radius 3 is 2.74 bits per heavy atom. The summed E-state index contributed by atoms with van der Waals surface area (Å²) in [6.45, 7) is 8.84. The van der Waals surface area contributed by atoms with Gasteiger partial charge in [0, 0.05) is 16.1 Å². The second-order valence-electron chi connectivity index (χ2n) is 5.90. The van der Waals surface area contributed by atoms with Crippen LogP contribution in [0.1, 0.15) is 61.5 Å². The van der Waals surface area contributed by atoms with Crippen LogP contribution in [0.5, 0.6) is 0 Å². The molecule has 2 aromatic rings. The first-order chi connectivity index (χ1) is 9.20. The monoisotopic (exact) mass is 273 g/mol. The Bertz CT molecular complexity index is 578. The number of thiophene rings is 1. The number of benzene rings is 1. The average molecular weight is 273 g/mol. The van der Waals surface area contributed by atoms with Crippen molar-refractivity contribution in [1.82, 2.24) is 5.32 Å². The summed E-state index contributed by atoms with van der Waals surface area (Å²) in [7, 11) is 0. The SMILES string of the molecule is CCNCc1sc2ccc(C(C)C)cc2c1C1CC1. The lowest BCUT2D eigenvalue weighted by Gasteiger charge is -2.07. The van der Waals surface area contributed by atoms with Crippen molar-refractivity contribution >= 4 is 21.4 Å². The summed E-state index contributed by atoms with van der Waals surface area (Å²) in [6, 6.07) is 7.08. The van der Waals surface area contributed by atoms with E-state index >= 15 is 0 Å². The van der Waals surface area contributed by atoms with E-state index in [0.29, 0.717) is 5.92 Å². The van der Waals surface area contributed by atoms with Gasteiger partial charge in [-0.3, -0.25) is 0 Å². The van der Waals surface area contributed by atoms with Crippen molar-refractivity contribution in [2.45, 2.75) is 52.0 Å². The normalized spacial score (nSPS) is 15.6. The zero-order chi connectivity index (χ0) is 13.4. The number of hydrogen-bond acceptors (Lipinski definition) is 2.